The van der Waals surface area contributed by atoms with Gasteiger partial charge in [0.2, 0.25) is 11.8 Å². The predicted molar refractivity (Wildman–Crippen MR) is 140 cm³/mol. The summed E-state index contributed by atoms with van der Waals surface area (Å²) in [5.41, 5.74) is 6.75. The van der Waals surface area contributed by atoms with Gasteiger partial charge in [0.1, 0.15) is 12.1 Å². The Morgan fingerprint density at radius 2 is 1.53 bits per heavy atom. The fourth-order valence-corrected chi connectivity index (χ4v) is 3.85. The highest BCUT2D eigenvalue weighted by molar-refractivity contribution is 5.98. The van der Waals surface area contributed by atoms with Crippen molar-refractivity contribution in [2.24, 2.45) is 11.7 Å². The van der Waals surface area contributed by atoms with Gasteiger partial charge < -0.3 is 26.8 Å². The van der Waals surface area contributed by atoms with Crippen molar-refractivity contribution in [3.63, 3.8) is 0 Å². The molecule has 3 amide bonds. The number of aliphatic hydroxyl groups is 1. The third-order valence-corrected chi connectivity index (χ3v) is 5.94. The first-order valence-corrected chi connectivity index (χ1v) is 12.1. The molecule has 190 valence electrons. The molecule has 8 nitrogen and oxygen atoms in total. The summed E-state index contributed by atoms with van der Waals surface area (Å²) in [6.45, 7) is 3.62. The molecular weight excluding hydrogens is 456 g/mol. The Morgan fingerprint density at radius 1 is 0.861 bits per heavy atom. The third kappa shape index (κ3) is 7.37. The second-order valence-electron chi connectivity index (χ2n) is 9.14. The summed E-state index contributed by atoms with van der Waals surface area (Å²) >= 11 is 0. The summed E-state index contributed by atoms with van der Waals surface area (Å²) < 4.78 is 0. The first-order valence-electron chi connectivity index (χ1n) is 12.1. The number of hydrogen-bond donors (Lipinski definition) is 5. The zero-order valence-corrected chi connectivity index (χ0v) is 20.6. The topological polar surface area (TPSA) is 134 Å². The van der Waals surface area contributed by atoms with E-state index in [-0.39, 0.29) is 31.3 Å². The summed E-state index contributed by atoms with van der Waals surface area (Å²) in [6, 6.07) is 20.6. The zero-order chi connectivity index (χ0) is 26.1. The van der Waals surface area contributed by atoms with Crippen LogP contribution in [0.1, 0.15) is 29.8 Å². The van der Waals surface area contributed by atoms with Gasteiger partial charge in [0.15, 0.2) is 0 Å². The number of aliphatic hydroxyl groups excluding tert-OH is 1. The van der Waals surface area contributed by atoms with Crippen molar-refractivity contribution in [3.05, 3.63) is 83.9 Å². The monoisotopic (exact) mass is 490 g/mol. The zero-order valence-electron chi connectivity index (χ0n) is 20.6. The lowest BCUT2D eigenvalue weighted by molar-refractivity contribution is -0.130. The molecule has 0 aliphatic carbocycles. The molecular formula is C28H34N4O4. The molecule has 6 N–H and O–H groups in total. The molecule has 3 rings (SSSR count). The van der Waals surface area contributed by atoms with E-state index in [4.69, 9.17) is 5.73 Å². The Balaban J connectivity index is 1.79. The summed E-state index contributed by atoms with van der Waals surface area (Å²) in [5, 5.41) is 20.1. The van der Waals surface area contributed by atoms with Gasteiger partial charge in [0.05, 0.1) is 6.10 Å². The van der Waals surface area contributed by atoms with E-state index in [9.17, 15) is 19.5 Å². The van der Waals surface area contributed by atoms with E-state index in [1.807, 2.05) is 56.3 Å². The number of nitrogens with two attached hydrogens (primary N) is 1. The molecule has 3 atom stereocenters. The Bertz CT molecular complexity index is 1180. The van der Waals surface area contributed by atoms with Crippen LogP contribution in [-0.2, 0) is 16.0 Å². The molecule has 0 aliphatic rings. The molecule has 0 fully saturated rings. The minimum atomic E-state index is -0.918. The minimum absolute atomic E-state index is 0.00290. The van der Waals surface area contributed by atoms with Crippen molar-refractivity contribution in [2.75, 3.05) is 13.1 Å². The number of amides is 3. The molecule has 0 radical (unpaired) electrons. The lowest BCUT2D eigenvalue weighted by Gasteiger charge is -2.26. The normalized spacial score (nSPS) is 13.6. The van der Waals surface area contributed by atoms with Gasteiger partial charge in [-0.3, -0.25) is 14.4 Å². The van der Waals surface area contributed by atoms with Gasteiger partial charge in [0.25, 0.3) is 5.91 Å². The van der Waals surface area contributed by atoms with E-state index in [0.717, 1.165) is 16.3 Å². The highest BCUT2D eigenvalue weighted by Gasteiger charge is 2.29. The lowest BCUT2D eigenvalue weighted by atomic mass is 9.99. The number of carbonyl (C=O) groups is 3. The third-order valence-electron chi connectivity index (χ3n) is 5.94. The van der Waals surface area contributed by atoms with Crippen LogP contribution in [0.25, 0.3) is 10.8 Å². The average Bonchev–Trinajstić information content (AvgIpc) is 2.89. The number of carbonyl (C=O) groups excluding carboxylic acids is 3. The second-order valence-corrected chi connectivity index (χ2v) is 9.14. The summed E-state index contributed by atoms with van der Waals surface area (Å²) in [7, 11) is 0. The van der Waals surface area contributed by atoms with Crippen LogP contribution in [0.2, 0.25) is 0 Å². The van der Waals surface area contributed by atoms with Crippen molar-refractivity contribution < 1.29 is 19.5 Å². The van der Waals surface area contributed by atoms with E-state index in [0.29, 0.717) is 5.56 Å². The number of benzene rings is 3. The highest BCUT2D eigenvalue weighted by Crippen LogP contribution is 2.17. The smallest absolute Gasteiger partial charge is 0.251 e. The Kier molecular flexibility index (Phi) is 9.55. The number of hydrogen-bond acceptors (Lipinski definition) is 5. The van der Waals surface area contributed by atoms with Crippen LogP contribution in [0.15, 0.2) is 72.8 Å². The number of nitrogens with one attached hydrogen (secondary N) is 3. The Hall–Kier alpha value is -3.75. The SMILES string of the molecule is CC(C)C(NC(=O)c1ccccc1)C(=O)N[C@H](Cc1ccc2ccccc2c1)C(=O)NCC(O)CN. The van der Waals surface area contributed by atoms with Crippen molar-refractivity contribution in [1.82, 2.24) is 16.0 Å². The van der Waals surface area contributed by atoms with Gasteiger partial charge >= 0.3 is 0 Å². The highest BCUT2D eigenvalue weighted by atomic mass is 16.3. The molecule has 0 spiro atoms. The van der Waals surface area contributed by atoms with E-state index >= 15 is 0 Å². The summed E-state index contributed by atoms with van der Waals surface area (Å²) in [6.07, 6.45) is -0.655. The van der Waals surface area contributed by atoms with Crippen LogP contribution < -0.4 is 21.7 Å². The molecule has 2 unspecified atom stereocenters. The van der Waals surface area contributed by atoms with Gasteiger partial charge in [-0.2, -0.15) is 0 Å². The molecule has 0 bridgehead atoms. The van der Waals surface area contributed by atoms with E-state index < -0.39 is 30.0 Å². The lowest BCUT2D eigenvalue weighted by Crippen LogP contribution is -2.56. The molecule has 0 aromatic heterocycles. The molecule has 0 aliphatic heterocycles. The fourth-order valence-electron chi connectivity index (χ4n) is 3.85. The standard InChI is InChI=1S/C28H34N4O4/c1-18(2)25(32-26(34)21-9-4-3-5-10-21)28(36)31-24(27(35)30-17-23(33)16-29)15-19-12-13-20-8-6-7-11-22(20)14-19/h3-14,18,23-25,33H,15-17,29H2,1-2H3,(H,30,35)(H,31,36)(H,32,34)/t23?,24-,25?/m1/s1. The Labute approximate surface area is 211 Å². The molecule has 3 aromatic carbocycles. The van der Waals surface area contributed by atoms with Crippen molar-refractivity contribution in [1.29, 1.82) is 0 Å². The molecule has 0 saturated carbocycles. The quantitative estimate of drug-likeness (QED) is 0.279. The molecule has 8 heteroatoms. The van der Waals surface area contributed by atoms with Crippen molar-refractivity contribution >= 4 is 28.5 Å². The van der Waals surface area contributed by atoms with E-state index in [1.54, 1.807) is 30.3 Å². The number of rotatable bonds is 11. The molecule has 0 heterocycles. The van der Waals surface area contributed by atoms with Crippen LogP contribution in [0.5, 0.6) is 0 Å². The van der Waals surface area contributed by atoms with Crippen LogP contribution >= 0.6 is 0 Å². The van der Waals surface area contributed by atoms with Gasteiger partial charge in [-0.1, -0.05) is 74.5 Å². The van der Waals surface area contributed by atoms with Crippen LogP contribution in [0.3, 0.4) is 0 Å². The number of fused-ring (bicyclic) bond motifs is 1. The first kappa shape index (κ1) is 26.8. The van der Waals surface area contributed by atoms with Gasteiger partial charge in [-0.25, -0.2) is 0 Å². The van der Waals surface area contributed by atoms with Crippen LogP contribution in [-0.4, -0.2) is 54.1 Å². The minimum Gasteiger partial charge on any atom is -0.390 e. The van der Waals surface area contributed by atoms with Crippen LogP contribution in [0.4, 0.5) is 0 Å². The maximum absolute atomic E-state index is 13.3. The van der Waals surface area contributed by atoms with Gasteiger partial charge in [-0.05, 0) is 34.4 Å². The van der Waals surface area contributed by atoms with Crippen LogP contribution in [0, 0.1) is 5.92 Å². The van der Waals surface area contributed by atoms with Gasteiger partial charge in [-0.15, -0.1) is 0 Å². The molecule has 0 saturated heterocycles. The largest absolute Gasteiger partial charge is 0.390 e. The molecule has 3 aromatic rings. The maximum atomic E-state index is 13.3. The fraction of sp³-hybridized carbons (Fsp3) is 0.321. The van der Waals surface area contributed by atoms with Gasteiger partial charge in [0, 0.05) is 25.1 Å². The van der Waals surface area contributed by atoms with E-state index in [1.165, 1.54) is 0 Å². The molecule has 36 heavy (non-hydrogen) atoms. The second kappa shape index (κ2) is 12.8. The summed E-state index contributed by atoms with van der Waals surface area (Å²) in [5.74, 6) is -1.50. The van der Waals surface area contributed by atoms with Crippen molar-refractivity contribution in [3.8, 4) is 0 Å². The maximum Gasteiger partial charge on any atom is 0.251 e. The van der Waals surface area contributed by atoms with Crippen molar-refractivity contribution in [2.45, 2.75) is 38.5 Å². The first-order chi connectivity index (χ1) is 17.3. The summed E-state index contributed by atoms with van der Waals surface area (Å²) in [4.78, 5) is 39.0. The predicted octanol–water partition coefficient (Wildman–Crippen LogP) is 1.76. The average molecular weight is 491 g/mol. The Morgan fingerprint density at radius 3 is 2.19 bits per heavy atom. The van der Waals surface area contributed by atoms with E-state index in [2.05, 4.69) is 16.0 Å².